The van der Waals surface area contributed by atoms with Gasteiger partial charge in [0, 0.05) is 19.5 Å². The molecule has 0 nitrogen and oxygen atoms in total. The summed E-state index contributed by atoms with van der Waals surface area (Å²) in [6.07, 6.45) is 17.3. The molecule has 0 saturated heterocycles. The van der Waals surface area contributed by atoms with Crippen LogP contribution in [0, 0.1) is 23.7 Å². The smallest absolute Gasteiger partial charge is 0 e. The Morgan fingerprint density at radius 2 is 1.24 bits per heavy atom. The molecule has 2 bridgehead atoms. The van der Waals surface area contributed by atoms with E-state index >= 15 is 0 Å². The molecule has 0 aromatic rings. The molecule has 4 unspecified atom stereocenters. The van der Waals surface area contributed by atoms with E-state index in [0.29, 0.717) is 0 Å². The van der Waals surface area contributed by atoms with Gasteiger partial charge in [-0.1, -0.05) is 24.3 Å². The molecule has 96 valence electrons. The Labute approximate surface area is 119 Å². The minimum absolute atomic E-state index is 0. The Hall–Kier alpha value is -0.157. The molecule has 0 N–H and O–H groups in total. The van der Waals surface area contributed by atoms with E-state index in [2.05, 4.69) is 37.5 Å². The molecule has 0 spiro atoms. The van der Waals surface area contributed by atoms with E-state index in [1.165, 1.54) is 38.5 Å². The topological polar surface area (TPSA) is 0 Å². The molecule has 0 aromatic carbocycles. The zero-order valence-electron chi connectivity index (χ0n) is 10.6. The normalized spacial score (nSPS) is 36.9. The summed E-state index contributed by atoms with van der Waals surface area (Å²) in [6.45, 7) is 7.55. The maximum absolute atomic E-state index is 3.78. The molecule has 0 radical (unpaired) electrons. The van der Waals surface area contributed by atoms with Crippen molar-refractivity contribution in [1.29, 1.82) is 0 Å². The van der Waals surface area contributed by atoms with Crippen LogP contribution in [0.15, 0.2) is 37.5 Å². The predicted octanol–water partition coefficient (Wildman–Crippen LogP) is 4.74. The Kier molecular flexibility index (Phi) is 6.41. The fourth-order valence-electron chi connectivity index (χ4n) is 3.20. The van der Waals surface area contributed by atoms with Gasteiger partial charge < -0.3 is 0 Å². The summed E-state index contributed by atoms with van der Waals surface area (Å²) in [7, 11) is 0. The Balaban J connectivity index is 0.000000164. The van der Waals surface area contributed by atoms with E-state index in [0.717, 1.165) is 23.7 Å². The van der Waals surface area contributed by atoms with Crippen LogP contribution in [0.25, 0.3) is 0 Å². The van der Waals surface area contributed by atoms with Gasteiger partial charge in [0.05, 0.1) is 0 Å². The Bertz CT molecular complexity index is 253. The molecule has 0 amide bonds. The maximum Gasteiger partial charge on any atom is 0 e. The second-order valence-corrected chi connectivity index (χ2v) is 5.52. The number of hydrogen-bond donors (Lipinski definition) is 0. The van der Waals surface area contributed by atoms with E-state index in [9.17, 15) is 0 Å². The first-order chi connectivity index (χ1) is 7.81. The summed E-state index contributed by atoms with van der Waals surface area (Å²) in [5.74, 6) is 3.52. The third kappa shape index (κ3) is 4.21. The molecule has 2 fully saturated rings. The van der Waals surface area contributed by atoms with Crippen LogP contribution in [0.1, 0.15) is 38.5 Å². The fourth-order valence-corrected chi connectivity index (χ4v) is 3.20. The number of rotatable bonds is 2. The monoisotopic (exact) mass is 318 g/mol. The number of hydrogen-bond acceptors (Lipinski definition) is 0. The quantitative estimate of drug-likeness (QED) is 0.509. The average Bonchev–Trinajstić information content (AvgIpc) is 3.06. The van der Waals surface area contributed by atoms with Crippen LogP contribution < -0.4 is 0 Å². The molecular formula is C16H24Ru. The van der Waals surface area contributed by atoms with Crippen LogP contribution in [0.3, 0.4) is 0 Å². The van der Waals surface area contributed by atoms with Gasteiger partial charge >= 0.3 is 0 Å². The van der Waals surface area contributed by atoms with Crippen molar-refractivity contribution in [3.05, 3.63) is 37.5 Å². The van der Waals surface area contributed by atoms with Crippen molar-refractivity contribution in [3.63, 3.8) is 0 Å². The summed E-state index contributed by atoms with van der Waals surface area (Å²) in [5.41, 5.74) is 0. The maximum atomic E-state index is 3.78. The molecule has 17 heavy (non-hydrogen) atoms. The SMILES string of the molecule is C1=CC2CCC1C2.C=CC1CCC(C=C)C1.[Ru]. The summed E-state index contributed by atoms with van der Waals surface area (Å²) in [6, 6.07) is 0. The van der Waals surface area contributed by atoms with Crippen LogP contribution in [0.5, 0.6) is 0 Å². The molecule has 4 atom stereocenters. The molecule has 3 rings (SSSR count). The van der Waals surface area contributed by atoms with Crippen molar-refractivity contribution in [1.82, 2.24) is 0 Å². The Morgan fingerprint density at radius 1 is 0.765 bits per heavy atom. The van der Waals surface area contributed by atoms with E-state index < -0.39 is 0 Å². The van der Waals surface area contributed by atoms with Gasteiger partial charge in [-0.2, -0.15) is 0 Å². The van der Waals surface area contributed by atoms with Crippen molar-refractivity contribution in [2.75, 3.05) is 0 Å². The second-order valence-electron chi connectivity index (χ2n) is 5.52. The molecule has 3 aliphatic carbocycles. The van der Waals surface area contributed by atoms with Gasteiger partial charge in [0.2, 0.25) is 0 Å². The van der Waals surface area contributed by atoms with Gasteiger partial charge in [0.1, 0.15) is 0 Å². The molecule has 1 heteroatoms. The van der Waals surface area contributed by atoms with Gasteiger partial charge in [-0.05, 0) is 62.2 Å². The van der Waals surface area contributed by atoms with Gasteiger partial charge in [-0.3, -0.25) is 0 Å². The van der Waals surface area contributed by atoms with Crippen molar-refractivity contribution in [3.8, 4) is 0 Å². The first-order valence-electron chi connectivity index (χ1n) is 6.75. The minimum atomic E-state index is 0. The van der Waals surface area contributed by atoms with Gasteiger partial charge in [-0.15, -0.1) is 13.2 Å². The fraction of sp³-hybridized carbons (Fsp3) is 0.625. The van der Waals surface area contributed by atoms with Crippen molar-refractivity contribution < 1.29 is 19.5 Å². The predicted molar refractivity (Wildman–Crippen MR) is 71.2 cm³/mol. The number of fused-ring (bicyclic) bond motifs is 2. The third-order valence-corrected chi connectivity index (χ3v) is 4.35. The van der Waals surface area contributed by atoms with E-state index in [1.54, 1.807) is 0 Å². The largest absolute Gasteiger partial charge is 0.103 e. The first kappa shape index (κ1) is 14.9. The minimum Gasteiger partial charge on any atom is -0.103 e. The van der Waals surface area contributed by atoms with Gasteiger partial charge in [0.15, 0.2) is 0 Å². The summed E-state index contributed by atoms with van der Waals surface area (Å²) < 4.78 is 0. The van der Waals surface area contributed by atoms with Crippen molar-refractivity contribution in [2.24, 2.45) is 23.7 Å². The zero-order valence-corrected chi connectivity index (χ0v) is 12.4. The molecule has 2 saturated carbocycles. The van der Waals surface area contributed by atoms with Gasteiger partial charge in [-0.25, -0.2) is 0 Å². The standard InChI is InChI=1S/C9H14.C7H10.Ru/c1-3-8-5-6-9(4-2)7-8;1-2-7-4-3-6(1)5-7;/h3-4,8-9H,1-2,5-7H2;1-2,6-7H,3-5H2;. The summed E-state index contributed by atoms with van der Waals surface area (Å²) >= 11 is 0. The van der Waals surface area contributed by atoms with Crippen LogP contribution in [0.2, 0.25) is 0 Å². The molecule has 3 aliphatic rings. The van der Waals surface area contributed by atoms with Crippen LogP contribution in [-0.4, -0.2) is 0 Å². The molecular weight excluding hydrogens is 293 g/mol. The first-order valence-corrected chi connectivity index (χ1v) is 6.75. The van der Waals surface area contributed by atoms with Crippen LogP contribution in [0.4, 0.5) is 0 Å². The van der Waals surface area contributed by atoms with Crippen LogP contribution in [-0.2, 0) is 19.5 Å². The molecule has 0 aliphatic heterocycles. The second kappa shape index (κ2) is 7.32. The zero-order chi connectivity index (χ0) is 11.4. The Morgan fingerprint density at radius 3 is 1.41 bits per heavy atom. The van der Waals surface area contributed by atoms with Crippen molar-refractivity contribution >= 4 is 0 Å². The molecule has 0 heterocycles. The van der Waals surface area contributed by atoms with E-state index in [4.69, 9.17) is 0 Å². The van der Waals surface area contributed by atoms with E-state index in [1.807, 2.05) is 0 Å². The average molecular weight is 317 g/mol. The summed E-state index contributed by atoms with van der Waals surface area (Å²) in [5, 5.41) is 0. The third-order valence-electron chi connectivity index (χ3n) is 4.35. The van der Waals surface area contributed by atoms with Crippen molar-refractivity contribution in [2.45, 2.75) is 38.5 Å². The summed E-state index contributed by atoms with van der Waals surface area (Å²) in [4.78, 5) is 0. The molecule has 0 aromatic heterocycles. The van der Waals surface area contributed by atoms with Crippen LogP contribution >= 0.6 is 0 Å². The number of allylic oxidation sites excluding steroid dienone is 4. The van der Waals surface area contributed by atoms with E-state index in [-0.39, 0.29) is 19.5 Å². The van der Waals surface area contributed by atoms with Gasteiger partial charge in [0.25, 0.3) is 0 Å².